The van der Waals surface area contributed by atoms with Gasteiger partial charge < -0.3 is 0 Å². The van der Waals surface area contributed by atoms with E-state index in [2.05, 4.69) is 12.0 Å². The van der Waals surface area contributed by atoms with Gasteiger partial charge >= 0.3 is 0 Å². The first-order valence-electron chi connectivity index (χ1n) is 9.33. The normalized spacial score (nSPS) is 11.1. The summed E-state index contributed by atoms with van der Waals surface area (Å²) in [5.74, 6) is 2.87. The third-order valence-electron chi connectivity index (χ3n) is 4.40. The van der Waals surface area contributed by atoms with E-state index in [-0.39, 0.29) is 11.4 Å². The topological polar surface area (TPSA) is 37.4 Å². The first-order chi connectivity index (χ1) is 13.9. The molecule has 29 heavy (non-hydrogen) atoms. The van der Waals surface area contributed by atoms with Gasteiger partial charge in [-0.1, -0.05) is 83.8 Å². The fourth-order valence-electron chi connectivity index (χ4n) is 2.70. The van der Waals surface area contributed by atoms with Crippen molar-refractivity contribution in [2.45, 2.75) is 25.3 Å². The molecule has 0 aliphatic rings. The zero-order valence-corrected chi connectivity index (χ0v) is 17.4. The van der Waals surface area contributed by atoms with Gasteiger partial charge in [-0.15, -0.1) is 0 Å². The van der Waals surface area contributed by atoms with Gasteiger partial charge in [0.15, 0.2) is 0 Å². The zero-order chi connectivity index (χ0) is 20.7. The Morgan fingerprint density at radius 1 is 0.828 bits per heavy atom. The molecule has 0 unspecified atom stereocenters. The molecule has 0 atom stereocenters. The molecule has 0 aliphatic carbocycles. The molecule has 0 radical (unpaired) electrons. The van der Waals surface area contributed by atoms with Gasteiger partial charge in [0.25, 0.3) is 10.0 Å². The van der Waals surface area contributed by atoms with Gasteiger partial charge in [0.2, 0.25) is 0 Å². The molecule has 0 heterocycles. The van der Waals surface area contributed by atoms with E-state index < -0.39 is 10.0 Å². The Kier molecular flexibility index (Phi) is 6.54. The van der Waals surface area contributed by atoms with E-state index in [9.17, 15) is 8.42 Å². The number of hydrogen-bond acceptors (Lipinski definition) is 2. The summed E-state index contributed by atoms with van der Waals surface area (Å²) in [4.78, 5) is 0.232. The minimum atomic E-state index is -3.74. The smallest absolute Gasteiger partial charge is 0.220 e. The lowest BCUT2D eigenvalue weighted by molar-refractivity contribution is 0.508. The summed E-state index contributed by atoms with van der Waals surface area (Å²) in [6, 6.07) is 27.1. The van der Waals surface area contributed by atoms with Crippen LogP contribution in [0.25, 0.3) is 6.08 Å². The Morgan fingerprint density at radius 2 is 1.41 bits per heavy atom. The summed E-state index contributed by atoms with van der Waals surface area (Å²) in [7, 11) is -3.74. The highest BCUT2D eigenvalue weighted by Gasteiger charge is 2.22. The van der Waals surface area contributed by atoms with Crippen LogP contribution < -0.4 is 0 Å². The van der Waals surface area contributed by atoms with Gasteiger partial charge in [-0.25, -0.2) is 12.7 Å². The number of sulfonamides is 1. The van der Waals surface area contributed by atoms with E-state index in [0.29, 0.717) is 0 Å². The minimum Gasteiger partial charge on any atom is -0.220 e. The summed E-state index contributed by atoms with van der Waals surface area (Å²) < 4.78 is 27.5. The molecule has 3 rings (SSSR count). The molecule has 0 bridgehead atoms. The van der Waals surface area contributed by atoms with Gasteiger partial charge in [0.1, 0.15) is 0 Å². The lowest BCUT2D eigenvalue weighted by Crippen LogP contribution is -2.26. The molecule has 0 saturated heterocycles. The van der Waals surface area contributed by atoms with Crippen molar-refractivity contribution in [1.29, 1.82) is 0 Å². The van der Waals surface area contributed by atoms with Crippen LogP contribution >= 0.6 is 0 Å². The Hall–Kier alpha value is -3.29. The van der Waals surface area contributed by atoms with Crippen LogP contribution in [0.1, 0.15) is 22.3 Å². The van der Waals surface area contributed by atoms with Gasteiger partial charge in [-0.2, -0.15) is 0 Å². The molecular weight excluding hydrogens is 378 g/mol. The fourth-order valence-corrected chi connectivity index (χ4v) is 3.92. The van der Waals surface area contributed by atoms with Crippen molar-refractivity contribution >= 4 is 16.1 Å². The molecule has 3 aromatic rings. The lowest BCUT2D eigenvalue weighted by atomic mass is 10.1. The average Bonchev–Trinajstić information content (AvgIpc) is 2.72. The van der Waals surface area contributed by atoms with E-state index in [1.807, 2.05) is 74.5 Å². The summed E-state index contributed by atoms with van der Waals surface area (Å²) >= 11 is 0. The van der Waals surface area contributed by atoms with E-state index in [0.717, 1.165) is 16.7 Å². The van der Waals surface area contributed by atoms with E-state index in [1.165, 1.54) is 9.87 Å². The van der Waals surface area contributed by atoms with Crippen LogP contribution in [0.5, 0.6) is 0 Å². The van der Waals surface area contributed by atoms with Crippen LogP contribution in [0.2, 0.25) is 0 Å². The van der Waals surface area contributed by atoms with Crippen LogP contribution in [0.15, 0.2) is 89.8 Å². The average molecular weight is 402 g/mol. The minimum absolute atomic E-state index is 0.183. The third kappa shape index (κ3) is 5.60. The number of benzene rings is 3. The first kappa shape index (κ1) is 20.4. The van der Waals surface area contributed by atoms with Gasteiger partial charge in [-0.05, 0) is 49.3 Å². The number of rotatable bonds is 5. The van der Waals surface area contributed by atoms with Gasteiger partial charge in [0.05, 0.1) is 11.4 Å². The van der Waals surface area contributed by atoms with Crippen molar-refractivity contribution < 1.29 is 8.42 Å². The maximum Gasteiger partial charge on any atom is 0.271 e. The summed E-state index contributed by atoms with van der Waals surface area (Å²) in [6.45, 7) is 4.14. The molecular formula is C25H23NO2S. The molecule has 3 nitrogen and oxygen atoms in total. The van der Waals surface area contributed by atoms with Gasteiger partial charge in [-0.3, -0.25) is 0 Å². The Balaban J connectivity index is 1.89. The van der Waals surface area contributed by atoms with Crippen molar-refractivity contribution in [3.8, 4) is 12.0 Å². The molecule has 0 aliphatic heterocycles. The van der Waals surface area contributed by atoms with E-state index in [4.69, 9.17) is 0 Å². The van der Waals surface area contributed by atoms with Crippen molar-refractivity contribution in [1.82, 2.24) is 4.31 Å². The Morgan fingerprint density at radius 3 is 2.03 bits per heavy atom. The molecule has 4 heteroatoms. The van der Waals surface area contributed by atoms with E-state index in [1.54, 1.807) is 30.3 Å². The molecule has 0 aromatic heterocycles. The third-order valence-corrected chi connectivity index (χ3v) is 6.07. The van der Waals surface area contributed by atoms with Crippen LogP contribution in [0.3, 0.4) is 0 Å². The number of aryl methyl sites for hydroxylation is 2. The molecule has 0 N–H and O–H groups in total. The summed E-state index contributed by atoms with van der Waals surface area (Å²) in [5, 5.41) is 0. The predicted octanol–water partition coefficient (Wildman–Crippen LogP) is 5.17. The van der Waals surface area contributed by atoms with Crippen LogP contribution in [-0.2, 0) is 16.6 Å². The summed E-state index contributed by atoms with van der Waals surface area (Å²) in [5.41, 5.74) is 4.08. The second kappa shape index (κ2) is 9.27. The standard InChI is InChI=1S/C25H23NO2S/c1-21-11-15-23(16-12-21)8-6-7-19-26(20-24-9-4-3-5-10-24)29(27,28)25-17-13-22(2)14-18-25/h3-6,8-18H,20H2,1-2H3/b8-6+. The van der Waals surface area contributed by atoms with Crippen LogP contribution in [-0.4, -0.2) is 12.7 Å². The number of hydrogen-bond donors (Lipinski definition) is 0. The fraction of sp³-hybridized carbons (Fsp3) is 0.120. The van der Waals surface area contributed by atoms with Crippen molar-refractivity contribution in [2.24, 2.45) is 0 Å². The first-order valence-corrected chi connectivity index (χ1v) is 10.8. The van der Waals surface area contributed by atoms with Crippen LogP contribution in [0, 0.1) is 25.8 Å². The lowest BCUT2D eigenvalue weighted by Gasteiger charge is -2.18. The van der Waals surface area contributed by atoms with Crippen molar-refractivity contribution in [3.63, 3.8) is 0 Å². The summed E-state index contributed by atoms with van der Waals surface area (Å²) in [6.07, 6.45) is 3.54. The van der Waals surface area contributed by atoms with Crippen molar-refractivity contribution in [3.05, 3.63) is 107 Å². The second-order valence-corrected chi connectivity index (χ2v) is 8.67. The largest absolute Gasteiger partial charge is 0.271 e. The maximum atomic E-state index is 13.1. The highest BCUT2D eigenvalue weighted by molar-refractivity contribution is 7.89. The quantitative estimate of drug-likeness (QED) is 0.437. The van der Waals surface area contributed by atoms with Crippen molar-refractivity contribution in [2.75, 3.05) is 0 Å². The Labute approximate surface area is 173 Å². The van der Waals surface area contributed by atoms with Gasteiger partial charge in [0, 0.05) is 6.04 Å². The predicted molar refractivity (Wildman–Crippen MR) is 118 cm³/mol. The molecule has 0 spiro atoms. The second-order valence-electron chi connectivity index (χ2n) is 6.81. The van der Waals surface area contributed by atoms with E-state index >= 15 is 0 Å². The monoisotopic (exact) mass is 401 g/mol. The molecule has 146 valence electrons. The molecule has 0 fully saturated rings. The molecule has 3 aromatic carbocycles. The number of nitrogens with zero attached hydrogens (tertiary/aromatic N) is 1. The Bertz CT molecular complexity index is 1140. The molecule has 0 saturated carbocycles. The highest BCUT2D eigenvalue weighted by Crippen LogP contribution is 2.18. The SMILES string of the molecule is Cc1ccc(/C=C/C#CN(Cc2ccccc2)S(=O)(=O)c2ccc(C)cc2)cc1. The highest BCUT2D eigenvalue weighted by atomic mass is 32.2. The van der Waals surface area contributed by atoms with Crippen LogP contribution in [0.4, 0.5) is 0 Å². The molecule has 0 amide bonds. The maximum absolute atomic E-state index is 13.1. The number of allylic oxidation sites excluding steroid dienone is 1. The zero-order valence-electron chi connectivity index (χ0n) is 16.5.